The van der Waals surface area contributed by atoms with Crippen LogP contribution in [-0.4, -0.2) is 37.9 Å². The predicted octanol–water partition coefficient (Wildman–Crippen LogP) is 2.37. The molecule has 0 saturated carbocycles. The maximum Gasteiger partial charge on any atom is 0.170 e. The highest BCUT2D eigenvalue weighted by molar-refractivity contribution is 6.00. The summed E-state index contributed by atoms with van der Waals surface area (Å²) >= 11 is 0. The SMILES string of the molecule is CC1(C)Oc2c(O)cc([C@@H]3CC(=O)c4ccc(O)cc4O3)cc2[C@H](O)[C@H]1O. The normalized spacial score (nSPS) is 25.8. The number of carbonyl (C=O) groups is 1. The van der Waals surface area contributed by atoms with E-state index in [4.69, 9.17) is 9.47 Å². The lowest BCUT2D eigenvalue weighted by Gasteiger charge is -2.40. The van der Waals surface area contributed by atoms with Gasteiger partial charge < -0.3 is 29.9 Å². The summed E-state index contributed by atoms with van der Waals surface area (Å²) in [6, 6.07) is 7.27. The molecule has 7 heteroatoms. The topological polar surface area (TPSA) is 116 Å². The van der Waals surface area contributed by atoms with Gasteiger partial charge in [-0.05, 0) is 43.7 Å². The third-order valence-electron chi connectivity index (χ3n) is 5.09. The lowest BCUT2D eigenvalue weighted by atomic mass is 9.86. The molecule has 0 spiro atoms. The number of aromatic hydroxyl groups is 2. The molecular formula is C20H20O7. The first-order chi connectivity index (χ1) is 12.7. The number of hydrogen-bond donors (Lipinski definition) is 4. The molecule has 2 heterocycles. The maximum absolute atomic E-state index is 12.4. The molecule has 0 saturated heterocycles. The van der Waals surface area contributed by atoms with Crippen LogP contribution in [0, 0.1) is 0 Å². The summed E-state index contributed by atoms with van der Waals surface area (Å²) in [5.74, 6) is -0.0338. The van der Waals surface area contributed by atoms with Crippen molar-refractivity contribution in [2.45, 2.75) is 44.2 Å². The monoisotopic (exact) mass is 372 g/mol. The van der Waals surface area contributed by atoms with Gasteiger partial charge in [-0.2, -0.15) is 0 Å². The van der Waals surface area contributed by atoms with Crippen LogP contribution < -0.4 is 9.47 Å². The highest BCUT2D eigenvalue weighted by Crippen LogP contribution is 2.47. The molecule has 27 heavy (non-hydrogen) atoms. The second-order valence-corrected chi connectivity index (χ2v) is 7.47. The van der Waals surface area contributed by atoms with Gasteiger partial charge in [-0.1, -0.05) is 0 Å². The van der Waals surface area contributed by atoms with Crippen LogP contribution in [0.15, 0.2) is 30.3 Å². The van der Waals surface area contributed by atoms with E-state index < -0.39 is 23.9 Å². The predicted molar refractivity (Wildman–Crippen MR) is 94.2 cm³/mol. The number of ether oxygens (including phenoxy) is 2. The van der Waals surface area contributed by atoms with Crippen LogP contribution in [0.3, 0.4) is 0 Å². The van der Waals surface area contributed by atoms with Crippen LogP contribution >= 0.6 is 0 Å². The number of benzene rings is 2. The molecule has 0 aromatic heterocycles. The third kappa shape index (κ3) is 2.79. The lowest BCUT2D eigenvalue weighted by molar-refractivity contribution is -0.112. The number of rotatable bonds is 1. The Morgan fingerprint density at radius 1 is 1.11 bits per heavy atom. The van der Waals surface area contributed by atoms with Gasteiger partial charge in [0.25, 0.3) is 0 Å². The molecule has 2 aromatic carbocycles. The van der Waals surface area contributed by atoms with Crippen molar-refractivity contribution in [2.24, 2.45) is 0 Å². The number of aliphatic hydroxyl groups is 2. The first-order valence-corrected chi connectivity index (χ1v) is 8.62. The van der Waals surface area contributed by atoms with Crippen LogP contribution in [0.1, 0.15) is 54.0 Å². The Kier molecular flexibility index (Phi) is 3.83. The minimum absolute atomic E-state index is 0.0235. The van der Waals surface area contributed by atoms with Crippen LogP contribution in [0.2, 0.25) is 0 Å². The Balaban J connectivity index is 1.74. The standard InChI is InChI=1S/C20H20O7/c1-20(2)19(25)17(24)12-5-9(6-14(23)18(12)27-20)15-8-13(22)11-4-3-10(21)7-16(11)26-15/h3-7,15,17,19,21,23-25H,8H2,1-2H3/t15-,17-,19+/m0/s1. The number of ketones is 1. The third-order valence-corrected chi connectivity index (χ3v) is 5.09. The lowest BCUT2D eigenvalue weighted by Crippen LogP contribution is -2.48. The number of fused-ring (bicyclic) bond motifs is 2. The van der Waals surface area contributed by atoms with E-state index in [0.717, 1.165) is 0 Å². The Hall–Kier alpha value is -2.77. The fourth-order valence-electron chi connectivity index (χ4n) is 3.55. The zero-order valence-corrected chi connectivity index (χ0v) is 14.8. The summed E-state index contributed by atoms with van der Waals surface area (Å²) in [6.07, 6.45) is -3.11. The first-order valence-electron chi connectivity index (χ1n) is 8.62. The van der Waals surface area contributed by atoms with Gasteiger partial charge in [0.1, 0.15) is 35.4 Å². The van der Waals surface area contributed by atoms with E-state index >= 15 is 0 Å². The molecule has 4 N–H and O–H groups in total. The molecule has 2 aliphatic rings. The summed E-state index contributed by atoms with van der Waals surface area (Å²) in [4.78, 5) is 12.4. The quantitative estimate of drug-likeness (QED) is 0.607. The van der Waals surface area contributed by atoms with Gasteiger partial charge >= 0.3 is 0 Å². The van der Waals surface area contributed by atoms with Gasteiger partial charge in [0.2, 0.25) is 0 Å². The molecular weight excluding hydrogens is 352 g/mol. The summed E-state index contributed by atoms with van der Waals surface area (Å²) in [6.45, 7) is 3.23. The van der Waals surface area contributed by atoms with E-state index in [1.165, 1.54) is 24.3 Å². The van der Waals surface area contributed by atoms with Crippen molar-refractivity contribution in [1.29, 1.82) is 0 Å². The Bertz CT molecular complexity index is 934. The second kappa shape index (κ2) is 5.87. The minimum Gasteiger partial charge on any atom is -0.508 e. The Labute approximate surface area is 155 Å². The maximum atomic E-state index is 12.4. The summed E-state index contributed by atoms with van der Waals surface area (Å²) < 4.78 is 11.5. The van der Waals surface area contributed by atoms with Crippen molar-refractivity contribution in [1.82, 2.24) is 0 Å². The number of Topliss-reactive ketones (excluding diaryl/α,β-unsaturated/α-hetero) is 1. The van der Waals surface area contributed by atoms with Gasteiger partial charge in [0.05, 0.1) is 12.0 Å². The zero-order valence-electron chi connectivity index (χ0n) is 14.8. The van der Waals surface area contributed by atoms with E-state index in [1.807, 2.05) is 0 Å². The number of phenols is 2. The molecule has 2 aromatic rings. The second-order valence-electron chi connectivity index (χ2n) is 7.47. The van der Waals surface area contributed by atoms with Crippen LogP contribution in [0.25, 0.3) is 0 Å². The molecule has 142 valence electrons. The van der Waals surface area contributed by atoms with Gasteiger partial charge in [-0.15, -0.1) is 0 Å². The van der Waals surface area contributed by atoms with E-state index in [2.05, 4.69) is 0 Å². The number of aliphatic hydroxyl groups excluding tert-OH is 2. The number of phenolic OH excluding ortho intramolecular Hbond substituents is 2. The Morgan fingerprint density at radius 2 is 1.85 bits per heavy atom. The van der Waals surface area contributed by atoms with Gasteiger partial charge in [0, 0.05) is 11.6 Å². The van der Waals surface area contributed by atoms with Gasteiger partial charge in [-0.3, -0.25) is 4.79 Å². The van der Waals surface area contributed by atoms with Crippen LogP contribution in [0.5, 0.6) is 23.0 Å². The van der Waals surface area contributed by atoms with E-state index in [1.54, 1.807) is 19.9 Å². The molecule has 0 amide bonds. The largest absolute Gasteiger partial charge is 0.508 e. The minimum atomic E-state index is -1.26. The smallest absolute Gasteiger partial charge is 0.170 e. The highest BCUT2D eigenvalue weighted by atomic mass is 16.5. The van der Waals surface area contributed by atoms with E-state index in [-0.39, 0.29) is 40.8 Å². The van der Waals surface area contributed by atoms with Crippen molar-refractivity contribution in [2.75, 3.05) is 0 Å². The fourth-order valence-corrected chi connectivity index (χ4v) is 3.55. The average Bonchev–Trinajstić information content (AvgIpc) is 2.60. The molecule has 0 bridgehead atoms. The first kappa shape index (κ1) is 17.6. The zero-order chi connectivity index (χ0) is 19.5. The van der Waals surface area contributed by atoms with Crippen molar-refractivity contribution >= 4 is 5.78 Å². The molecule has 0 radical (unpaired) electrons. The van der Waals surface area contributed by atoms with Crippen molar-refractivity contribution in [3.05, 3.63) is 47.0 Å². The number of hydrogen-bond acceptors (Lipinski definition) is 7. The molecule has 0 aliphatic carbocycles. The molecule has 7 nitrogen and oxygen atoms in total. The van der Waals surface area contributed by atoms with Crippen LogP contribution in [0.4, 0.5) is 0 Å². The van der Waals surface area contributed by atoms with Crippen molar-refractivity contribution in [3.63, 3.8) is 0 Å². The summed E-state index contributed by atoms with van der Waals surface area (Å²) in [7, 11) is 0. The highest BCUT2D eigenvalue weighted by Gasteiger charge is 2.44. The van der Waals surface area contributed by atoms with Crippen LogP contribution in [-0.2, 0) is 0 Å². The van der Waals surface area contributed by atoms with Gasteiger partial charge in [-0.25, -0.2) is 0 Å². The van der Waals surface area contributed by atoms with Crippen molar-refractivity contribution < 1.29 is 34.7 Å². The molecule has 3 atom stereocenters. The molecule has 0 fully saturated rings. The molecule has 2 aliphatic heterocycles. The molecule has 4 rings (SSSR count). The van der Waals surface area contributed by atoms with E-state index in [9.17, 15) is 25.2 Å². The summed E-state index contributed by atoms with van der Waals surface area (Å²) in [5.41, 5.74) is 0.00336. The number of carbonyl (C=O) groups excluding carboxylic acids is 1. The fraction of sp³-hybridized carbons (Fsp3) is 0.350. The average molecular weight is 372 g/mol. The summed E-state index contributed by atoms with van der Waals surface area (Å²) in [5, 5.41) is 40.8. The van der Waals surface area contributed by atoms with E-state index in [0.29, 0.717) is 11.1 Å². The van der Waals surface area contributed by atoms with Crippen molar-refractivity contribution in [3.8, 4) is 23.0 Å². The van der Waals surface area contributed by atoms with Gasteiger partial charge in [0.15, 0.2) is 17.3 Å². The molecule has 0 unspecified atom stereocenters. The Morgan fingerprint density at radius 3 is 2.59 bits per heavy atom.